The van der Waals surface area contributed by atoms with Crippen LogP contribution in [0.25, 0.3) is 0 Å². The largest absolute Gasteiger partial charge is 0.211 e. The molecule has 2 unspecified atom stereocenters. The van der Waals surface area contributed by atoms with Gasteiger partial charge in [-0.15, -0.1) is 0 Å². The number of hydrogen-bond donors (Lipinski definition) is 0. The normalized spacial score (nSPS) is 22.3. The quantitative estimate of drug-likeness (QED) is 0.460. The van der Waals surface area contributed by atoms with E-state index in [1.165, 1.54) is 11.1 Å². The Morgan fingerprint density at radius 2 is 1.69 bits per heavy atom. The number of benzene rings is 2. The van der Waals surface area contributed by atoms with Gasteiger partial charge in [-0.3, -0.25) is 0 Å². The fourth-order valence-electron chi connectivity index (χ4n) is 3.80. The molecule has 0 N–H and O–H groups in total. The first-order valence-electron chi connectivity index (χ1n) is 9.80. The van der Waals surface area contributed by atoms with E-state index in [1.54, 1.807) is 0 Å². The molecule has 2 aromatic carbocycles. The first-order chi connectivity index (χ1) is 12.6. The molecule has 1 aliphatic rings. The molecule has 0 saturated carbocycles. The first-order valence-corrected chi connectivity index (χ1v) is 9.80. The van der Waals surface area contributed by atoms with Crippen molar-refractivity contribution in [2.45, 2.75) is 51.9 Å². The number of halogens is 1. The Balaban J connectivity index is 1.78. The molecule has 136 valence electrons. The molecular weight excluding hydrogens is 319 g/mol. The van der Waals surface area contributed by atoms with Gasteiger partial charge in [0.05, 0.1) is 5.92 Å². The lowest BCUT2D eigenvalue weighted by Gasteiger charge is -2.32. The molecule has 0 fully saturated rings. The highest BCUT2D eigenvalue weighted by atomic mass is 19.1. The van der Waals surface area contributed by atoms with Crippen molar-refractivity contribution in [1.82, 2.24) is 0 Å². The van der Waals surface area contributed by atoms with Crippen LogP contribution in [0, 0.1) is 12.3 Å². The van der Waals surface area contributed by atoms with E-state index in [9.17, 15) is 0 Å². The summed E-state index contributed by atoms with van der Waals surface area (Å²) in [5, 5.41) is 0. The molecule has 2 aromatic rings. The Bertz CT molecular complexity index is 755. The molecule has 26 heavy (non-hydrogen) atoms. The number of aryl methyl sites for hydroxylation is 2. The molecule has 1 aliphatic carbocycles. The maximum Gasteiger partial charge on any atom is 0.108 e. The van der Waals surface area contributed by atoms with Crippen molar-refractivity contribution in [3.8, 4) is 0 Å². The SMILES string of the molecule is CCCCC1(CCc2ccc(C)cc2)C=CC(c2ccccc2)C(F)=C1. The minimum Gasteiger partial charge on any atom is -0.211 e. The molecule has 0 heterocycles. The van der Waals surface area contributed by atoms with Crippen LogP contribution < -0.4 is 0 Å². The standard InChI is InChI=1S/C25H29F/c1-3-4-16-25(17-14-21-12-10-20(2)11-13-21)18-15-23(24(26)19-25)22-8-6-5-7-9-22/h5-13,15,18-19,23H,3-4,14,16-17H2,1-2H3. The molecule has 1 heteroatoms. The Kier molecular flexibility index (Phi) is 6.08. The van der Waals surface area contributed by atoms with Crippen molar-refractivity contribution >= 4 is 0 Å². The molecule has 0 amide bonds. The summed E-state index contributed by atoms with van der Waals surface area (Å²) in [5.41, 5.74) is 3.48. The minimum atomic E-state index is -0.231. The van der Waals surface area contributed by atoms with Crippen LogP contribution in [0.15, 0.2) is 78.7 Å². The van der Waals surface area contributed by atoms with Crippen LogP contribution in [-0.2, 0) is 6.42 Å². The van der Waals surface area contributed by atoms with Crippen LogP contribution in [0.3, 0.4) is 0 Å². The first kappa shape index (κ1) is 18.6. The number of allylic oxidation sites excluding steroid dienone is 4. The molecule has 0 aliphatic heterocycles. The second kappa shape index (κ2) is 8.49. The predicted octanol–water partition coefficient (Wildman–Crippen LogP) is 7.31. The second-order valence-corrected chi connectivity index (χ2v) is 7.60. The number of hydrogen-bond acceptors (Lipinski definition) is 0. The maximum atomic E-state index is 15.0. The summed E-state index contributed by atoms with van der Waals surface area (Å²) < 4.78 is 15.0. The maximum absolute atomic E-state index is 15.0. The van der Waals surface area contributed by atoms with Gasteiger partial charge in [-0.2, -0.15) is 0 Å². The van der Waals surface area contributed by atoms with Crippen LogP contribution in [-0.4, -0.2) is 0 Å². The summed E-state index contributed by atoms with van der Waals surface area (Å²) >= 11 is 0. The summed E-state index contributed by atoms with van der Waals surface area (Å²) in [6, 6.07) is 18.7. The molecule has 0 nitrogen and oxygen atoms in total. The van der Waals surface area contributed by atoms with Gasteiger partial charge >= 0.3 is 0 Å². The summed E-state index contributed by atoms with van der Waals surface area (Å²) in [6.07, 6.45) is 11.5. The van der Waals surface area contributed by atoms with E-state index in [0.29, 0.717) is 0 Å². The summed E-state index contributed by atoms with van der Waals surface area (Å²) in [5.74, 6) is -0.232. The van der Waals surface area contributed by atoms with Gasteiger partial charge in [-0.1, -0.05) is 92.1 Å². The third-order valence-electron chi connectivity index (χ3n) is 5.50. The van der Waals surface area contributed by atoms with Crippen LogP contribution in [0.2, 0.25) is 0 Å². The molecule has 0 radical (unpaired) electrons. The highest BCUT2D eigenvalue weighted by Gasteiger charge is 2.31. The Morgan fingerprint density at radius 1 is 0.962 bits per heavy atom. The average Bonchev–Trinajstić information content (AvgIpc) is 2.67. The zero-order chi connectivity index (χ0) is 18.4. The molecular formula is C25H29F. The predicted molar refractivity (Wildman–Crippen MR) is 109 cm³/mol. The van der Waals surface area contributed by atoms with Gasteiger partial charge in [0, 0.05) is 5.41 Å². The fourth-order valence-corrected chi connectivity index (χ4v) is 3.80. The van der Waals surface area contributed by atoms with E-state index >= 15 is 4.39 Å². The van der Waals surface area contributed by atoms with Crippen molar-refractivity contribution in [1.29, 1.82) is 0 Å². The molecule has 2 atom stereocenters. The lowest BCUT2D eigenvalue weighted by Crippen LogP contribution is -2.21. The van der Waals surface area contributed by atoms with Crippen molar-refractivity contribution in [3.05, 3.63) is 95.3 Å². The van der Waals surface area contributed by atoms with Crippen molar-refractivity contribution < 1.29 is 4.39 Å². The van der Waals surface area contributed by atoms with Gasteiger partial charge in [0.1, 0.15) is 5.83 Å². The molecule has 3 rings (SSSR count). The Labute approximate surface area is 157 Å². The van der Waals surface area contributed by atoms with Gasteiger partial charge in [0.15, 0.2) is 0 Å². The van der Waals surface area contributed by atoms with Gasteiger partial charge < -0.3 is 0 Å². The highest BCUT2D eigenvalue weighted by molar-refractivity contribution is 5.37. The Morgan fingerprint density at radius 3 is 2.35 bits per heavy atom. The zero-order valence-corrected chi connectivity index (χ0v) is 15.9. The molecule has 0 aromatic heterocycles. The molecule has 0 spiro atoms. The van der Waals surface area contributed by atoms with Crippen LogP contribution in [0.1, 0.15) is 55.2 Å². The van der Waals surface area contributed by atoms with Crippen LogP contribution in [0.5, 0.6) is 0 Å². The van der Waals surface area contributed by atoms with E-state index in [-0.39, 0.29) is 17.2 Å². The third kappa shape index (κ3) is 4.52. The highest BCUT2D eigenvalue weighted by Crippen LogP contribution is 2.43. The number of unbranched alkanes of at least 4 members (excludes halogenated alkanes) is 1. The van der Waals surface area contributed by atoms with Gasteiger partial charge in [-0.05, 0) is 43.4 Å². The van der Waals surface area contributed by atoms with Crippen molar-refractivity contribution in [2.24, 2.45) is 5.41 Å². The summed E-state index contributed by atoms with van der Waals surface area (Å²) in [7, 11) is 0. The lowest BCUT2D eigenvalue weighted by molar-refractivity contribution is 0.375. The van der Waals surface area contributed by atoms with Gasteiger partial charge in [0.25, 0.3) is 0 Å². The van der Waals surface area contributed by atoms with Crippen molar-refractivity contribution in [2.75, 3.05) is 0 Å². The van der Waals surface area contributed by atoms with E-state index in [2.05, 4.69) is 50.3 Å². The smallest absolute Gasteiger partial charge is 0.108 e. The second-order valence-electron chi connectivity index (χ2n) is 7.60. The lowest BCUT2D eigenvalue weighted by atomic mass is 9.72. The summed E-state index contributed by atoms with van der Waals surface area (Å²) in [4.78, 5) is 0. The minimum absolute atomic E-state index is 0.00120. The monoisotopic (exact) mass is 348 g/mol. The van der Waals surface area contributed by atoms with E-state index in [1.807, 2.05) is 36.4 Å². The van der Waals surface area contributed by atoms with E-state index < -0.39 is 0 Å². The Hall–Kier alpha value is -2.15. The van der Waals surface area contributed by atoms with Crippen molar-refractivity contribution in [3.63, 3.8) is 0 Å². The zero-order valence-electron chi connectivity index (χ0n) is 15.9. The molecule has 0 saturated heterocycles. The topological polar surface area (TPSA) is 0 Å². The summed E-state index contributed by atoms with van der Waals surface area (Å²) in [6.45, 7) is 4.31. The molecule has 0 bridgehead atoms. The van der Waals surface area contributed by atoms with Gasteiger partial charge in [0.2, 0.25) is 0 Å². The van der Waals surface area contributed by atoms with Gasteiger partial charge in [-0.25, -0.2) is 4.39 Å². The fraction of sp³-hybridized carbons (Fsp3) is 0.360. The third-order valence-corrected chi connectivity index (χ3v) is 5.50. The van der Waals surface area contributed by atoms with Crippen LogP contribution >= 0.6 is 0 Å². The van der Waals surface area contributed by atoms with Crippen LogP contribution in [0.4, 0.5) is 4.39 Å². The van der Waals surface area contributed by atoms with E-state index in [0.717, 1.165) is 37.7 Å². The van der Waals surface area contributed by atoms with E-state index in [4.69, 9.17) is 0 Å². The number of rotatable bonds is 7. The average molecular weight is 349 g/mol.